The molecule has 0 unspecified atom stereocenters. The zero-order valence-electron chi connectivity index (χ0n) is 16.9. The molecule has 1 amide bonds. The third kappa shape index (κ3) is 3.39. The molecule has 1 N–H and O–H groups in total. The maximum Gasteiger partial charge on any atom is 0.232 e. The van der Waals surface area contributed by atoms with Crippen LogP contribution in [0.4, 0.5) is 0 Å². The number of ether oxygens (including phenoxy) is 1. The Morgan fingerprint density at radius 1 is 1.14 bits per heavy atom. The molecule has 0 atom stereocenters. The zero-order chi connectivity index (χ0) is 19.7. The van der Waals surface area contributed by atoms with Gasteiger partial charge in [-0.3, -0.25) is 4.79 Å². The van der Waals surface area contributed by atoms with Crippen molar-refractivity contribution in [2.24, 2.45) is 0 Å². The van der Waals surface area contributed by atoms with Crippen LogP contribution in [0.15, 0.2) is 24.3 Å². The summed E-state index contributed by atoms with van der Waals surface area (Å²) in [6.45, 7) is 8.23. The van der Waals surface area contributed by atoms with Gasteiger partial charge in [-0.1, -0.05) is 12.1 Å². The number of hydrogen-bond donors (Lipinski definition) is 1. The molecule has 0 bridgehead atoms. The van der Waals surface area contributed by atoms with E-state index in [9.17, 15) is 4.79 Å². The minimum absolute atomic E-state index is 0.184. The lowest BCUT2D eigenvalue weighted by atomic mass is 9.82. The summed E-state index contributed by atoms with van der Waals surface area (Å²) in [4.78, 5) is 15.3. The summed E-state index contributed by atoms with van der Waals surface area (Å²) in [6, 6.07) is 7.81. The van der Waals surface area contributed by atoms with Crippen LogP contribution < -0.4 is 10.1 Å². The van der Waals surface area contributed by atoms with Gasteiger partial charge in [0.05, 0.1) is 19.1 Å². The fraction of sp³-hybridized carbons (Fsp3) is 0.571. The van der Waals surface area contributed by atoms with Crippen molar-refractivity contribution in [3.05, 3.63) is 41.5 Å². The Balaban J connectivity index is 1.42. The highest BCUT2D eigenvalue weighted by Crippen LogP contribution is 2.32. The quantitative estimate of drug-likeness (QED) is 0.875. The fourth-order valence-corrected chi connectivity index (χ4v) is 4.28. The maximum atomic E-state index is 13.3. The molecule has 1 fully saturated rings. The Morgan fingerprint density at radius 2 is 1.86 bits per heavy atom. The highest BCUT2D eigenvalue weighted by molar-refractivity contribution is 5.87. The number of benzene rings is 1. The maximum absolute atomic E-state index is 13.3. The predicted molar refractivity (Wildman–Crippen MR) is 106 cm³/mol. The summed E-state index contributed by atoms with van der Waals surface area (Å²) < 4.78 is 7.50. The van der Waals surface area contributed by atoms with E-state index in [0.717, 1.165) is 68.5 Å². The van der Waals surface area contributed by atoms with Crippen LogP contribution in [-0.4, -0.2) is 52.3 Å². The third-order valence-electron chi connectivity index (χ3n) is 6.14. The molecule has 1 aromatic carbocycles. The third-order valence-corrected chi connectivity index (χ3v) is 6.14. The Kier molecular flexibility index (Phi) is 5.10. The van der Waals surface area contributed by atoms with Crippen LogP contribution in [0.1, 0.15) is 49.8 Å². The van der Waals surface area contributed by atoms with Gasteiger partial charge in [-0.15, -0.1) is 10.2 Å². The smallest absolute Gasteiger partial charge is 0.232 e. The van der Waals surface area contributed by atoms with Crippen LogP contribution in [0.3, 0.4) is 0 Å². The van der Waals surface area contributed by atoms with Crippen molar-refractivity contribution >= 4 is 5.91 Å². The van der Waals surface area contributed by atoms with Gasteiger partial charge in [-0.05, 0) is 44.4 Å². The normalized spacial score (nSPS) is 18.0. The Labute approximate surface area is 166 Å². The average Bonchev–Trinajstić information content (AvgIpc) is 3.17. The van der Waals surface area contributed by atoms with Crippen LogP contribution in [-0.2, 0) is 23.3 Å². The number of hydrogen-bond acceptors (Lipinski definition) is 5. The summed E-state index contributed by atoms with van der Waals surface area (Å²) in [6.07, 6.45) is 1.88. The molecule has 3 heterocycles. The largest absolute Gasteiger partial charge is 0.497 e. The van der Waals surface area contributed by atoms with Crippen LogP contribution in [0.25, 0.3) is 0 Å². The van der Waals surface area contributed by atoms with Gasteiger partial charge in [-0.2, -0.15) is 0 Å². The van der Waals surface area contributed by atoms with Gasteiger partial charge in [0.15, 0.2) is 0 Å². The number of fused-ring (bicyclic) bond motifs is 1. The molecule has 28 heavy (non-hydrogen) atoms. The molecule has 4 rings (SSSR count). The van der Waals surface area contributed by atoms with Gasteiger partial charge in [0.25, 0.3) is 0 Å². The molecule has 1 saturated heterocycles. The second-order valence-corrected chi connectivity index (χ2v) is 8.22. The van der Waals surface area contributed by atoms with E-state index < -0.39 is 5.41 Å². The molecule has 7 heteroatoms. The fourth-order valence-electron chi connectivity index (χ4n) is 4.28. The van der Waals surface area contributed by atoms with Crippen molar-refractivity contribution in [1.29, 1.82) is 0 Å². The zero-order valence-corrected chi connectivity index (χ0v) is 16.9. The highest BCUT2D eigenvalue weighted by Gasteiger charge is 2.36. The summed E-state index contributed by atoms with van der Waals surface area (Å²) in [7, 11) is 1.65. The number of aromatic nitrogens is 3. The Morgan fingerprint density at radius 3 is 2.54 bits per heavy atom. The molecule has 2 aliphatic heterocycles. The van der Waals surface area contributed by atoms with Gasteiger partial charge in [-0.25, -0.2) is 0 Å². The Bertz CT molecular complexity index is 835. The molecule has 7 nitrogen and oxygen atoms in total. The number of piperidine rings is 1. The van der Waals surface area contributed by atoms with Gasteiger partial charge < -0.3 is 19.5 Å². The summed E-state index contributed by atoms with van der Waals surface area (Å²) in [5, 5.41) is 12.1. The molecule has 2 aliphatic rings. The number of nitrogens with one attached hydrogen (secondary N) is 1. The molecule has 0 saturated carbocycles. The SMILES string of the molecule is COc1ccc(C(C)(C)C(=O)N2CCC(c3nnc4n3CCNC4)CC2)cc1. The minimum atomic E-state index is -0.557. The number of nitrogens with zero attached hydrogens (tertiary/aromatic N) is 4. The first-order chi connectivity index (χ1) is 13.5. The lowest BCUT2D eigenvalue weighted by Gasteiger charge is -2.37. The van der Waals surface area contributed by atoms with Gasteiger partial charge in [0, 0.05) is 32.1 Å². The van der Waals surface area contributed by atoms with E-state index in [1.807, 2.05) is 43.0 Å². The van der Waals surface area contributed by atoms with Crippen molar-refractivity contribution in [3.8, 4) is 5.75 Å². The first-order valence-corrected chi connectivity index (χ1v) is 10.1. The highest BCUT2D eigenvalue weighted by atomic mass is 16.5. The first kappa shape index (κ1) is 18.9. The summed E-state index contributed by atoms with van der Waals surface area (Å²) >= 11 is 0. The topological polar surface area (TPSA) is 72.3 Å². The lowest BCUT2D eigenvalue weighted by Crippen LogP contribution is -2.47. The number of amides is 1. The van der Waals surface area contributed by atoms with Crippen molar-refractivity contribution in [2.75, 3.05) is 26.7 Å². The van der Waals surface area contributed by atoms with E-state index in [1.54, 1.807) is 7.11 Å². The molecule has 1 aromatic heterocycles. The van der Waals surface area contributed by atoms with Crippen LogP contribution in [0, 0.1) is 0 Å². The van der Waals surface area contributed by atoms with Crippen LogP contribution in [0.5, 0.6) is 5.75 Å². The Hall–Kier alpha value is -2.41. The number of carbonyl (C=O) groups excluding carboxylic acids is 1. The van der Waals surface area contributed by atoms with E-state index in [2.05, 4.69) is 20.1 Å². The number of methoxy groups -OCH3 is 1. The number of carbonyl (C=O) groups is 1. The molecular weight excluding hydrogens is 354 g/mol. The molecular formula is C21H29N5O2. The number of rotatable bonds is 4. The number of likely N-dealkylation sites (tertiary alicyclic amines) is 1. The molecule has 0 aliphatic carbocycles. The second-order valence-electron chi connectivity index (χ2n) is 8.22. The van der Waals surface area contributed by atoms with E-state index in [4.69, 9.17) is 4.74 Å². The lowest BCUT2D eigenvalue weighted by molar-refractivity contribution is -0.137. The monoisotopic (exact) mass is 383 g/mol. The van der Waals surface area contributed by atoms with E-state index in [1.165, 1.54) is 0 Å². The van der Waals surface area contributed by atoms with Crippen molar-refractivity contribution in [2.45, 2.75) is 51.1 Å². The van der Waals surface area contributed by atoms with Crippen molar-refractivity contribution < 1.29 is 9.53 Å². The summed E-state index contributed by atoms with van der Waals surface area (Å²) in [5.74, 6) is 3.49. The predicted octanol–water partition coefficient (Wildman–Crippen LogP) is 2.07. The van der Waals surface area contributed by atoms with E-state index >= 15 is 0 Å². The standard InChI is InChI=1S/C21H29N5O2/c1-21(2,16-4-6-17(28-3)7-5-16)20(27)25-11-8-15(9-12-25)19-24-23-18-14-22-10-13-26(18)19/h4-7,15,22H,8-14H2,1-3H3. The molecule has 2 aromatic rings. The van der Waals surface area contributed by atoms with Gasteiger partial charge in [0.2, 0.25) is 5.91 Å². The summed E-state index contributed by atoms with van der Waals surface area (Å²) in [5.41, 5.74) is 0.457. The van der Waals surface area contributed by atoms with Crippen molar-refractivity contribution in [1.82, 2.24) is 25.0 Å². The van der Waals surface area contributed by atoms with E-state index in [-0.39, 0.29) is 5.91 Å². The minimum Gasteiger partial charge on any atom is -0.497 e. The molecule has 0 spiro atoms. The van der Waals surface area contributed by atoms with Crippen LogP contribution >= 0.6 is 0 Å². The van der Waals surface area contributed by atoms with Crippen molar-refractivity contribution in [3.63, 3.8) is 0 Å². The van der Waals surface area contributed by atoms with Gasteiger partial charge >= 0.3 is 0 Å². The molecule has 150 valence electrons. The van der Waals surface area contributed by atoms with E-state index in [0.29, 0.717) is 5.92 Å². The first-order valence-electron chi connectivity index (χ1n) is 10.1. The van der Waals surface area contributed by atoms with Gasteiger partial charge in [0.1, 0.15) is 17.4 Å². The average molecular weight is 383 g/mol. The second kappa shape index (κ2) is 7.54. The molecule has 0 radical (unpaired) electrons. The van der Waals surface area contributed by atoms with Crippen LogP contribution in [0.2, 0.25) is 0 Å².